The number of carbonyl (C=O) groups is 1. The number of ether oxygens (including phenoxy) is 1. The molecule has 1 saturated heterocycles. The molecule has 1 amide bonds. The second kappa shape index (κ2) is 7.61. The number of thioether (sulfide) groups is 1. The molecule has 1 aliphatic heterocycles. The highest BCUT2D eigenvalue weighted by molar-refractivity contribution is 7.98. The highest BCUT2D eigenvalue weighted by atomic mass is 32.2. The van der Waals surface area contributed by atoms with Crippen molar-refractivity contribution in [2.75, 3.05) is 13.1 Å². The second-order valence-corrected chi connectivity index (χ2v) is 8.65. The monoisotopic (exact) mass is 403 g/mol. The summed E-state index contributed by atoms with van der Waals surface area (Å²) in [5.41, 5.74) is 3.29. The number of hydrogen-bond donors (Lipinski definition) is 0. The van der Waals surface area contributed by atoms with Crippen LogP contribution in [0, 0.1) is 6.92 Å². The van der Waals surface area contributed by atoms with E-state index in [-0.39, 0.29) is 18.1 Å². The molecule has 1 aliphatic rings. The first-order valence-electron chi connectivity index (χ1n) is 8.87. The number of amides is 1. The van der Waals surface area contributed by atoms with Crippen LogP contribution in [0.25, 0.3) is 11.1 Å². The van der Waals surface area contributed by atoms with Crippen molar-refractivity contribution in [3.63, 3.8) is 0 Å². The van der Waals surface area contributed by atoms with Gasteiger partial charge < -0.3 is 14.1 Å². The quantitative estimate of drug-likeness (QED) is 0.610. The number of oxazole rings is 1. The summed E-state index contributed by atoms with van der Waals surface area (Å²) >= 11 is 2.99. The topological polar surface area (TPSA) is 68.5 Å². The van der Waals surface area contributed by atoms with Gasteiger partial charge in [-0.2, -0.15) is 0 Å². The zero-order chi connectivity index (χ0) is 19.0. The van der Waals surface area contributed by atoms with Crippen LogP contribution in [0.15, 0.2) is 33.2 Å². The standard InChI is InChI=1S/C19H21N3O3S2/c1-11-5-4-6-15-17(11)21-19(25-15)27-10-16-20-14(9-26-16)18(23)22-7-12(2)24-13(3)8-22/h4-6,9,12-13H,7-8,10H2,1-3H3. The van der Waals surface area contributed by atoms with Crippen LogP contribution in [0.4, 0.5) is 0 Å². The van der Waals surface area contributed by atoms with E-state index in [9.17, 15) is 4.79 Å². The molecule has 0 aliphatic carbocycles. The first kappa shape index (κ1) is 18.5. The van der Waals surface area contributed by atoms with Gasteiger partial charge in [0.25, 0.3) is 11.1 Å². The molecule has 8 heteroatoms. The number of fused-ring (bicyclic) bond motifs is 1. The van der Waals surface area contributed by atoms with E-state index in [4.69, 9.17) is 9.15 Å². The molecular formula is C19H21N3O3S2. The van der Waals surface area contributed by atoms with Crippen molar-refractivity contribution in [2.45, 2.75) is 44.0 Å². The first-order chi connectivity index (χ1) is 13.0. The zero-order valence-corrected chi connectivity index (χ0v) is 17.1. The minimum Gasteiger partial charge on any atom is -0.431 e. The fraction of sp³-hybridized carbons (Fsp3) is 0.421. The number of thiazole rings is 1. The van der Waals surface area contributed by atoms with E-state index in [1.807, 2.05) is 49.3 Å². The lowest BCUT2D eigenvalue weighted by Crippen LogP contribution is -2.48. The van der Waals surface area contributed by atoms with Gasteiger partial charge >= 0.3 is 0 Å². The van der Waals surface area contributed by atoms with Crippen molar-refractivity contribution in [2.24, 2.45) is 0 Å². The van der Waals surface area contributed by atoms with Gasteiger partial charge in [0.05, 0.1) is 18.0 Å². The molecule has 0 spiro atoms. The molecule has 3 heterocycles. The lowest BCUT2D eigenvalue weighted by Gasteiger charge is -2.34. The summed E-state index contributed by atoms with van der Waals surface area (Å²) in [6.45, 7) is 7.20. The molecular weight excluding hydrogens is 382 g/mol. The molecule has 2 aromatic heterocycles. The highest BCUT2D eigenvalue weighted by Crippen LogP contribution is 2.28. The normalized spacial score (nSPS) is 20.3. The summed E-state index contributed by atoms with van der Waals surface area (Å²) < 4.78 is 11.5. The molecule has 3 aromatic rings. The van der Waals surface area contributed by atoms with Gasteiger partial charge in [-0.3, -0.25) is 4.79 Å². The predicted octanol–water partition coefficient (Wildman–Crippen LogP) is 4.13. The third-order valence-corrected chi connectivity index (χ3v) is 6.27. The van der Waals surface area contributed by atoms with Gasteiger partial charge in [-0.15, -0.1) is 11.3 Å². The van der Waals surface area contributed by atoms with Crippen LogP contribution >= 0.6 is 23.1 Å². The molecule has 0 saturated carbocycles. The number of aryl methyl sites for hydroxylation is 1. The van der Waals surface area contributed by atoms with Crippen molar-refractivity contribution < 1.29 is 13.9 Å². The third kappa shape index (κ3) is 4.02. The van der Waals surface area contributed by atoms with Crippen molar-refractivity contribution in [1.82, 2.24) is 14.9 Å². The predicted molar refractivity (Wildman–Crippen MR) is 106 cm³/mol. The number of para-hydroxylation sites is 1. The van der Waals surface area contributed by atoms with Crippen LogP contribution in [0.2, 0.25) is 0 Å². The van der Waals surface area contributed by atoms with Crippen LogP contribution in [0.1, 0.15) is 34.9 Å². The number of morpholine rings is 1. The molecule has 0 N–H and O–H groups in total. The van der Waals surface area contributed by atoms with Gasteiger partial charge in [0.2, 0.25) is 0 Å². The van der Waals surface area contributed by atoms with Crippen LogP contribution in [-0.2, 0) is 10.5 Å². The summed E-state index contributed by atoms with van der Waals surface area (Å²) in [5.74, 6) is 0.599. The Bertz CT molecular complexity index is 958. The lowest BCUT2D eigenvalue weighted by atomic mass is 10.2. The molecule has 1 fully saturated rings. The molecule has 2 unspecified atom stereocenters. The fourth-order valence-corrected chi connectivity index (χ4v) is 4.85. The van der Waals surface area contributed by atoms with Gasteiger partial charge in [0, 0.05) is 18.5 Å². The summed E-state index contributed by atoms with van der Waals surface area (Å²) in [6.07, 6.45) is 0.1000. The van der Waals surface area contributed by atoms with Crippen molar-refractivity contribution >= 4 is 40.1 Å². The Kier molecular flexibility index (Phi) is 5.21. The van der Waals surface area contributed by atoms with Gasteiger partial charge in [-0.1, -0.05) is 23.9 Å². The minimum atomic E-state index is -0.0259. The molecule has 0 bridgehead atoms. The number of rotatable bonds is 4. The van der Waals surface area contributed by atoms with Crippen molar-refractivity contribution in [1.29, 1.82) is 0 Å². The average molecular weight is 404 g/mol. The van der Waals surface area contributed by atoms with Gasteiger partial charge in [-0.25, -0.2) is 9.97 Å². The van der Waals surface area contributed by atoms with E-state index in [2.05, 4.69) is 9.97 Å². The summed E-state index contributed by atoms with van der Waals surface area (Å²) in [6, 6.07) is 5.90. The van der Waals surface area contributed by atoms with Gasteiger partial charge in [0.1, 0.15) is 16.2 Å². The molecule has 2 atom stereocenters. The molecule has 27 heavy (non-hydrogen) atoms. The molecule has 6 nitrogen and oxygen atoms in total. The number of hydrogen-bond acceptors (Lipinski definition) is 7. The van der Waals surface area contributed by atoms with Crippen LogP contribution < -0.4 is 0 Å². The van der Waals surface area contributed by atoms with Gasteiger partial charge in [0.15, 0.2) is 5.58 Å². The molecule has 1 aromatic carbocycles. The van der Waals surface area contributed by atoms with Crippen LogP contribution in [0.3, 0.4) is 0 Å². The van der Waals surface area contributed by atoms with Crippen LogP contribution in [-0.4, -0.2) is 46.1 Å². The maximum absolute atomic E-state index is 12.7. The Morgan fingerprint density at radius 1 is 1.30 bits per heavy atom. The first-order valence-corrected chi connectivity index (χ1v) is 10.7. The molecule has 4 rings (SSSR count). The number of benzene rings is 1. The van der Waals surface area contributed by atoms with E-state index in [1.54, 1.807) is 0 Å². The Labute approximate surface area is 165 Å². The van der Waals surface area contributed by atoms with E-state index < -0.39 is 0 Å². The number of carbonyl (C=O) groups excluding carboxylic acids is 1. The van der Waals surface area contributed by atoms with E-state index in [0.717, 1.165) is 21.7 Å². The molecule has 0 radical (unpaired) electrons. The smallest absolute Gasteiger partial charge is 0.273 e. The third-order valence-electron chi connectivity index (χ3n) is 4.40. The Morgan fingerprint density at radius 2 is 2.07 bits per heavy atom. The van der Waals surface area contributed by atoms with Gasteiger partial charge in [-0.05, 0) is 32.4 Å². The Balaban J connectivity index is 1.41. The zero-order valence-electron chi connectivity index (χ0n) is 15.5. The number of aromatic nitrogens is 2. The summed E-state index contributed by atoms with van der Waals surface area (Å²) in [7, 11) is 0. The second-order valence-electron chi connectivity index (χ2n) is 6.78. The maximum Gasteiger partial charge on any atom is 0.273 e. The number of nitrogens with zero attached hydrogens (tertiary/aromatic N) is 3. The lowest BCUT2D eigenvalue weighted by molar-refractivity contribution is -0.0587. The minimum absolute atomic E-state index is 0.0259. The largest absolute Gasteiger partial charge is 0.431 e. The van der Waals surface area contributed by atoms with Crippen molar-refractivity contribution in [3.8, 4) is 0 Å². The van der Waals surface area contributed by atoms with E-state index in [0.29, 0.717) is 29.8 Å². The molecule has 142 valence electrons. The Morgan fingerprint density at radius 3 is 2.81 bits per heavy atom. The van der Waals surface area contributed by atoms with E-state index in [1.165, 1.54) is 23.1 Å². The van der Waals surface area contributed by atoms with E-state index >= 15 is 0 Å². The average Bonchev–Trinajstić information content (AvgIpc) is 3.26. The van der Waals surface area contributed by atoms with Crippen LogP contribution in [0.5, 0.6) is 0 Å². The SMILES string of the molecule is Cc1cccc2oc(SCc3nc(C(=O)N4CC(C)OC(C)C4)cs3)nc12. The maximum atomic E-state index is 12.7. The van der Waals surface area contributed by atoms with Crippen molar-refractivity contribution in [3.05, 3.63) is 39.8 Å². The fourth-order valence-electron chi connectivity index (χ4n) is 3.23. The summed E-state index contributed by atoms with van der Waals surface area (Å²) in [4.78, 5) is 23.6. The summed E-state index contributed by atoms with van der Waals surface area (Å²) in [5, 5.41) is 3.34. The Hall–Kier alpha value is -1.90. The highest BCUT2D eigenvalue weighted by Gasteiger charge is 2.27.